The first kappa shape index (κ1) is 20.9. The normalized spacial score (nSPS) is 12.0. The zero-order valence-corrected chi connectivity index (χ0v) is 19.1. The molecule has 1 aromatic carbocycles. The van der Waals surface area contributed by atoms with Crippen molar-refractivity contribution in [1.82, 2.24) is 24.7 Å². The second-order valence-electron chi connectivity index (χ2n) is 7.11. The minimum absolute atomic E-state index is 0.112. The summed E-state index contributed by atoms with van der Waals surface area (Å²) in [5.41, 5.74) is 4.84. The van der Waals surface area contributed by atoms with Crippen LogP contribution in [0.2, 0.25) is 0 Å². The summed E-state index contributed by atoms with van der Waals surface area (Å²) in [6, 6.07) is 5.77. The molecule has 3 N–H and O–H groups in total. The number of rotatable bonds is 6. The van der Waals surface area contributed by atoms with Gasteiger partial charge in [0.25, 0.3) is 5.88 Å². The lowest BCUT2D eigenvalue weighted by Gasteiger charge is -2.10. The van der Waals surface area contributed by atoms with E-state index in [2.05, 4.69) is 41.6 Å². The molecule has 0 saturated carbocycles. The van der Waals surface area contributed by atoms with Gasteiger partial charge >= 0.3 is 0 Å². The van der Waals surface area contributed by atoms with Crippen LogP contribution in [-0.2, 0) is 11.8 Å². The molecule has 0 saturated heterocycles. The van der Waals surface area contributed by atoms with Crippen molar-refractivity contribution in [1.29, 1.82) is 0 Å². The van der Waals surface area contributed by atoms with E-state index in [0.29, 0.717) is 23.2 Å². The first-order chi connectivity index (χ1) is 14.9. The number of hydrogen-bond donors (Lipinski definition) is 3. The minimum Gasteiger partial charge on any atom is -0.478 e. The van der Waals surface area contributed by atoms with Gasteiger partial charge in [0.2, 0.25) is 11.9 Å². The van der Waals surface area contributed by atoms with E-state index in [4.69, 9.17) is 9.72 Å². The van der Waals surface area contributed by atoms with Crippen molar-refractivity contribution in [3.05, 3.63) is 42.4 Å². The van der Waals surface area contributed by atoms with Crippen LogP contribution in [0.15, 0.2) is 36.8 Å². The molecule has 3 heterocycles. The fourth-order valence-corrected chi connectivity index (χ4v) is 3.40. The van der Waals surface area contributed by atoms with Gasteiger partial charge in [0, 0.05) is 30.4 Å². The maximum Gasteiger partial charge on any atom is 0.256 e. The Bertz CT molecular complexity index is 1260. The summed E-state index contributed by atoms with van der Waals surface area (Å²) in [5.74, 6) is 0.777. The number of nitrogens with zero attached hydrogens (tertiary/aromatic N) is 4. The standard InChI is InChI=1S/C21H22BrN7O2/c1-11-8-24-21(26-16-10-29(3)28-20(16)31-4)27-17(11)14-9-23-18-13(14)6-5-7-15(18)25-19(30)12(2)22/h5-10,12,23H,1-4H3,(H,25,30)(H,24,26,27)/t12-/m0/s1. The van der Waals surface area contributed by atoms with Gasteiger partial charge in [-0.25, -0.2) is 9.97 Å². The molecule has 0 radical (unpaired) electrons. The third-order valence-electron chi connectivity index (χ3n) is 4.80. The molecular weight excluding hydrogens is 462 g/mol. The Morgan fingerprint density at radius 2 is 2.13 bits per heavy atom. The molecule has 4 rings (SSSR count). The van der Waals surface area contributed by atoms with Crippen molar-refractivity contribution >= 4 is 50.1 Å². The topological polar surface area (TPSA) is 110 Å². The number of fused-ring (bicyclic) bond motifs is 1. The predicted molar refractivity (Wildman–Crippen MR) is 124 cm³/mol. The number of aromatic amines is 1. The third-order valence-corrected chi connectivity index (χ3v) is 5.21. The molecule has 31 heavy (non-hydrogen) atoms. The lowest BCUT2D eigenvalue weighted by Crippen LogP contribution is -2.19. The van der Waals surface area contributed by atoms with Crippen LogP contribution in [0.25, 0.3) is 22.2 Å². The van der Waals surface area contributed by atoms with Gasteiger partial charge in [-0.15, -0.1) is 5.10 Å². The summed E-state index contributed by atoms with van der Waals surface area (Å²) in [6.45, 7) is 3.74. The van der Waals surface area contributed by atoms with Crippen LogP contribution in [0.4, 0.5) is 17.3 Å². The van der Waals surface area contributed by atoms with Gasteiger partial charge in [0.1, 0.15) is 5.69 Å². The average molecular weight is 484 g/mol. The molecule has 0 fully saturated rings. The molecular formula is C21H22BrN7O2. The van der Waals surface area contributed by atoms with Crippen molar-refractivity contribution in [3.8, 4) is 17.1 Å². The van der Waals surface area contributed by atoms with E-state index in [1.54, 1.807) is 31.1 Å². The molecule has 0 aliphatic carbocycles. The van der Waals surface area contributed by atoms with E-state index in [9.17, 15) is 4.79 Å². The quantitative estimate of drug-likeness (QED) is 0.355. The Morgan fingerprint density at radius 1 is 1.32 bits per heavy atom. The van der Waals surface area contributed by atoms with Crippen LogP contribution in [0.5, 0.6) is 5.88 Å². The molecule has 3 aromatic heterocycles. The number of aromatic nitrogens is 5. The number of alkyl halides is 1. The highest BCUT2D eigenvalue weighted by Crippen LogP contribution is 2.34. The molecule has 0 aliphatic rings. The number of amides is 1. The predicted octanol–water partition coefficient (Wildman–Crippen LogP) is 4.14. The maximum absolute atomic E-state index is 12.1. The van der Waals surface area contributed by atoms with Crippen LogP contribution in [-0.4, -0.2) is 42.6 Å². The molecule has 160 valence electrons. The van der Waals surface area contributed by atoms with E-state index < -0.39 is 0 Å². The lowest BCUT2D eigenvalue weighted by atomic mass is 10.1. The number of carbonyl (C=O) groups is 1. The highest BCUT2D eigenvalue weighted by molar-refractivity contribution is 9.10. The fourth-order valence-electron chi connectivity index (χ4n) is 3.29. The number of methoxy groups -OCH3 is 1. The molecule has 1 amide bonds. The van der Waals surface area contributed by atoms with Gasteiger partial charge in [-0.1, -0.05) is 28.1 Å². The fraction of sp³-hybridized carbons (Fsp3) is 0.238. The molecule has 9 nitrogen and oxygen atoms in total. The number of anilines is 3. The maximum atomic E-state index is 12.1. The van der Waals surface area contributed by atoms with Gasteiger partial charge in [0.15, 0.2) is 0 Å². The third kappa shape index (κ3) is 4.11. The molecule has 10 heteroatoms. The van der Waals surface area contributed by atoms with Crippen molar-refractivity contribution in [2.24, 2.45) is 7.05 Å². The zero-order chi connectivity index (χ0) is 22.1. The zero-order valence-electron chi connectivity index (χ0n) is 17.5. The van der Waals surface area contributed by atoms with Gasteiger partial charge in [0.05, 0.1) is 35.0 Å². The number of benzene rings is 1. The Kier molecular flexibility index (Phi) is 5.64. The summed E-state index contributed by atoms with van der Waals surface area (Å²) in [6.07, 6.45) is 5.46. The SMILES string of the molecule is COc1nn(C)cc1Nc1ncc(C)c(-c2c[nH]c3c(NC(=O)[C@H](C)Br)cccc23)n1. The van der Waals surface area contributed by atoms with Gasteiger partial charge in [-0.2, -0.15) is 0 Å². The number of carbonyl (C=O) groups excluding carboxylic acids is 1. The van der Waals surface area contributed by atoms with Gasteiger partial charge < -0.3 is 20.4 Å². The largest absolute Gasteiger partial charge is 0.478 e. The Morgan fingerprint density at radius 3 is 2.87 bits per heavy atom. The number of ether oxygens (including phenoxy) is 1. The van der Waals surface area contributed by atoms with Gasteiger partial charge in [-0.05, 0) is 25.5 Å². The summed E-state index contributed by atoms with van der Waals surface area (Å²) < 4.78 is 6.94. The van der Waals surface area contributed by atoms with Crippen molar-refractivity contribution in [2.45, 2.75) is 18.7 Å². The molecule has 1 atom stereocenters. The summed E-state index contributed by atoms with van der Waals surface area (Å²) in [7, 11) is 3.38. The molecule has 0 spiro atoms. The van der Waals surface area contributed by atoms with E-state index in [-0.39, 0.29) is 10.7 Å². The highest BCUT2D eigenvalue weighted by Gasteiger charge is 2.17. The van der Waals surface area contributed by atoms with E-state index in [1.807, 2.05) is 38.4 Å². The number of hydrogen-bond acceptors (Lipinski definition) is 6. The first-order valence-corrected chi connectivity index (χ1v) is 10.5. The summed E-state index contributed by atoms with van der Waals surface area (Å²) in [4.78, 5) is 24.3. The average Bonchev–Trinajstić information content (AvgIpc) is 3.33. The Balaban J connectivity index is 1.73. The number of aryl methyl sites for hydroxylation is 2. The van der Waals surface area contributed by atoms with Crippen LogP contribution in [0.3, 0.4) is 0 Å². The van der Waals surface area contributed by atoms with Crippen LogP contribution in [0.1, 0.15) is 12.5 Å². The van der Waals surface area contributed by atoms with E-state index in [0.717, 1.165) is 27.7 Å². The second-order valence-corrected chi connectivity index (χ2v) is 8.49. The number of halogens is 1. The molecule has 0 bridgehead atoms. The highest BCUT2D eigenvalue weighted by atomic mass is 79.9. The monoisotopic (exact) mass is 483 g/mol. The minimum atomic E-state index is -0.292. The van der Waals surface area contributed by atoms with Crippen LogP contribution in [0, 0.1) is 6.92 Å². The molecule has 4 aromatic rings. The second kappa shape index (κ2) is 8.38. The number of nitrogens with one attached hydrogen (secondary N) is 3. The van der Waals surface area contributed by atoms with Crippen molar-refractivity contribution in [3.63, 3.8) is 0 Å². The smallest absolute Gasteiger partial charge is 0.256 e. The van der Waals surface area contributed by atoms with Gasteiger partial charge in [-0.3, -0.25) is 9.48 Å². The Hall–Kier alpha value is -3.40. The number of para-hydroxylation sites is 1. The van der Waals surface area contributed by atoms with Crippen LogP contribution >= 0.6 is 15.9 Å². The van der Waals surface area contributed by atoms with E-state index in [1.165, 1.54) is 0 Å². The lowest BCUT2D eigenvalue weighted by molar-refractivity contribution is -0.115. The Labute approximate surface area is 187 Å². The summed E-state index contributed by atoms with van der Waals surface area (Å²) in [5, 5.41) is 11.3. The molecule has 0 aliphatic heterocycles. The van der Waals surface area contributed by atoms with Crippen molar-refractivity contribution < 1.29 is 9.53 Å². The van der Waals surface area contributed by atoms with Crippen molar-refractivity contribution in [2.75, 3.05) is 17.7 Å². The number of H-pyrrole nitrogens is 1. The molecule has 0 unspecified atom stereocenters. The van der Waals surface area contributed by atoms with E-state index >= 15 is 0 Å². The summed E-state index contributed by atoms with van der Waals surface area (Å²) >= 11 is 3.30. The van der Waals surface area contributed by atoms with Crippen LogP contribution < -0.4 is 15.4 Å². The first-order valence-electron chi connectivity index (χ1n) is 9.61.